The average Bonchev–Trinajstić information content (AvgIpc) is 2.74. The highest BCUT2D eigenvalue weighted by Crippen LogP contribution is 2.18. The summed E-state index contributed by atoms with van der Waals surface area (Å²) in [5, 5.41) is 2.87. The van der Waals surface area contributed by atoms with E-state index in [9.17, 15) is 4.79 Å². The molecule has 0 aliphatic heterocycles. The fourth-order valence-electron chi connectivity index (χ4n) is 1.96. The number of ether oxygens (including phenoxy) is 1. The largest absolute Gasteiger partial charge is 0.496 e. The van der Waals surface area contributed by atoms with Crippen LogP contribution in [0.15, 0.2) is 34.7 Å². The van der Waals surface area contributed by atoms with Crippen LogP contribution in [-0.4, -0.2) is 13.0 Å². The minimum atomic E-state index is -0.157. The molecule has 0 saturated carbocycles. The summed E-state index contributed by atoms with van der Waals surface area (Å²) in [7, 11) is 1.55. The number of carbonyl (C=O) groups is 1. The number of rotatable bonds is 4. The molecule has 4 heteroatoms. The summed E-state index contributed by atoms with van der Waals surface area (Å²) in [6.07, 6.45) is 0. The van der Waals surface area contributed by atoms with Crippen molar-refractivity contribution >= 4 is 5.91 Å². The lowest BCUT2D eigenvalue weighted by Crippen LogP contribution is -2.23. The van der Waals surface area contributed by atoms with Gasteiger partial charge in [-0.2, -0.15) is 0 Å². The minimum Gasteiger partial charge on any atom is -0.496 e. The van der Waals surface area contributed by atoms with Gasteiger partial charge in [0.2, 0.25) is 0 Å². The van der Waals surface area contributed by atoms with Crippen LogP contribution in [0, 0.1) is 13.8 Å². The van der Waals surface area contributed by atoms with Gasteiger partial charge in [0.1, 0.15) is 17.3 Å². The van der Waals surface area contributed by atoms with Gasteiger partial charge in [-0.1, -0.05) is 12.1 Å². The van der Waals surface area contributed by atoms with Crippen molar-refractivity contribution in [3.05, 3.63) is 53.0 Å². The Morgan fingerprint density at radius 2 is 2.05 bits per heavy atom. The lowest BCUT2D eigenvalue weighted by atomic mass is 10.1. The Hall–Kier alpha value is -2.23. The number of furan rings is 1. The highest BCUT2D eigenvalue weighted by Gasteiger charge is 2.12. The molecule has 1 amide bonds. The molecule has 0 radical (unpaired) electrons. The first-order chi connectivity index (χ1) is 9.11. The maximum Gasteiger partial charge on any atom is 0.255 e. The maximum absolute atomic E-state index is 12.1. The number of nitrogens with one attached hydrogen (secondary N) is 1. The zero-order chi connectivity index (χ0) is 13.8. The molecule has 0 unspecified atom stereocenters. The molecule has 19 heavy (non-hydrogen) atoms. The van der Waals surface area contributed by atoms with E-state index in [0.29, 0.717) is 17.9 Å². The van der Waals surface area contributed by atoms with E-state index in [0.717, 1.165) is 17.1 Å². The number of hydrogen-bond donors (Lipinski definition) is 1. The standard InChI is InChI=1S/C15H17NO3/c1-10-8-12(11(2)19-10)9-16-15(17)13-6-4-5-7-14(13)18-3/h4-8H,9H2,1-3H3,(H,16,17). The Bertz CT molecular complexity index is 587. The molecule has 0 fully saturated rings. The first-order valence-electron chi connectivity index (χ1n) is 6.09. The van der Waals surface area contributed by atoms with E-state index < -0.39 is 0 Å². The summed E-state index contributed by atoms with van der Waals surface area (Å²) in [6.45, 7) is 4.22. The molecule has 0 spiro atoms. The number of amides is 1. The molecule has 0 aliphatic carbocycles. The van der Waals surface area contributed by atoms with Crippen molar-refractivity contribution in [2.75, 3.05) is 7.11 Å². The fourth-order valence-corrected chi connectivity index (χ4v) is 1.96. The number of carbonyl (C=O) groups excluding carboxylic acids is 1. The third-order valence-electron chi connectivity index (χ3n) is 2.93. The van der Waals surface area contributed by atoms with Crippen LogP contribution >= 0.6 is 0 Å². The molecule has 2 rings (SSSR count). The predicted octanol–water partition coefficient (Wildman–Crippen LogP) is 2.84. The maximum atomic E-state index is 12.1. The molecule has 1 heterocycles. The average molecular weight is 259 g/mol. The molecule has 1 aromatic heterocycles. The molecule has 0 atom stereocenters. The van der Waals surface area contributed by atoms with Gasteiger partial charge in [0.05, 0.1) is 12.7 Å². The number of methoxy groups -OCH3 is 1. The summed E-state index contributed by atoms with van der Waals surface area (Å²) in [5.74, 6) is 2.09. The summed E-state index contributed by atoms with van der Waals surface area (Å²) in [5.41, 5.74) is 1.52. The highest BCUT2D eigenvalue weighted by atomic mass is 16.5. The number of para-hydroxylation sites is 1. The Kier molecular flexibility index (Phi) is 3.90. The fraction of sp³-hybridized carbons (Fsp3) is 0.267. The van der Waals surface area contributed by atoms with Crippen LogP contribution in [0.2, 0.25) is 0 Å². The van der Waals surface area contributed by atoms with Crippen LogP contribution < -0.4 is 10.1 Å². The summed E-state index contributed by atoms with van der Waals surface area (Å²) >= 11 is 0. The zero-order valence-electron chi connectivity index (χ0n) is 11.3. The first kappa shape index (κ1) is 13.2. The third-order valence-corrected chi connectivity index (χ3v) is 2.93. The van der Waals surface area contributed by atoms with Crippen LogP contribution in [0.3, 0.4) is 0 Å². The quantitative estimate of drug-likeness (QED) is 0.918. The third kappa shape index (κ3) is 2.96. The van der Waals surface area contributed by atoms with Crippen LogP contribution in [0.4, 0.5) is 0 Å². The van der Waals surface area contributed by atoms with Gasteiger partial charge in [-0.15, -0.1) is 0 Å². The van der Waals surface area contributed by atoms with E-state index in [-0.39, 0.29) is 5.91 Å². The van der Waals surface area contributed by atoms with Crippen LogP contribution in [0.1, 0.15) is 27.4 Å². The summed E-state index contributed by atoms with van der Waals surface area (Å²) in [6, 6.07) is 9.07. The Morgan fingerprint density at radius 1 is 1.32 bits per heavy atom. The van der Waals surface area contributed by atoms with Gasteiger partial charge in [0, 0.05) is 12.1 Å². The Balaban J connectivity index is 2.07. The minimum absolute atomic E-state index is 0.157. The van der Waals surface area contributed by atoms with Crippen LogP contribution in [0.25, 0.3) is 0 Å². The molecule has 0 saturated heterocycles. The Morgan fingerprint density at radius 3 is 2.68 bits per heavy atom. The van der Waals surface area contributed by atoms with Crippen molar-refractivity contribution in [1.29, 1.82) is 0 Å². The normalized spacial score (nSPS) is 10.3. The first-order valence-corrected chi connectivity index (χ1v) is 6.09. The van der Waals surface area contributed by atoms with Crippen molar-refractivity contribution in [1.82, 2.24) is 5.32 Å². The molecule has 0 aliphatic rings. The number of aryl methyl sites for hydroxylation is 2. The van der Waals surface area contributed by atoms with Gasteiger partial charge in [-0.05, 0) is 32.0 Å². The predicted molar refractivity (Wildman–Crippen MR) is 72.3 cm³/mol. The molecule has 0 bridgehead atoms. The second-order valence-corrected chi connectivity index (χ2v) is 4.32. The second kappa shape index (κ2) is 5.61. The SMILES string of the molecule is COc1ccccc1C(=O)NCc1cc(C)oc1C. The smallest absolute Gasteiger partial charge is 0.255 e. The van der Waals surface area contributed by atoms with E-state index in [1.54, 1.807) is 19.2 Å². The Labute approximate surface area is 112 Å². The molecular formula is C15H17NO3. The number of hydrogen-bond acceptors (Lipinski definition) is 3. The van der Waals surface area contributed by atoms with Gasteiger partial charge in [-0.25, -0.2) is 0 Å². The van der Waals surface area contributed by atoms with Crippen molar-refractivity contribution in [2.24, 2.45) is 0 Å². The van der Waals surface area contributed by atoms with Gasteiger partial charge >= 0.3 is 0 Å². The van der Waals surface area contributed by atoms with Crippen molar-refractivity contribution in [3.8, 4) is 5.75 Å². The number of benzene rings is 1. The lowest BCUT2D eigenvalue weighted by Gasteiger charge is -2.08. The monoisotopic (exact) mass is 259 g/mol. The molecule has 2 aromatic rings. The van der Waals surface area contributed by atoms with Crippen LogP contribution in [0.5, 0.6) is 5.75 Å². The van der Waals surface area contributed by atoms with Gasteiger partial charge in [0.15, 0.2) is 0 Å². The molecule has 1 aromatic carbocycles. The molecule has 100 valence electrons. The molecule has 1 N–H and O–H groups in total. The van der Waals surface area contributed by atoms with E-state index in [1.807, 2.05) is 32.0 Å². The molecular weight excluding hydrogens is 242 g/mol. The second-order valence-electron chi connectivity index (χ2n) is 4.32. The zero-order valence-corrected chi connectivity index (χ0v) is 11.3. The van der Waals surface area contributed by atoms with E-state index in [4.69, 9.17) is 9.15 Å². The topological polar surface area (TPSA) is 51.5 Å². The van der Waals surface area contributed by atoms with Crippen molar-refractivity contribution < 1.29 is 13.9 Å². The van der Waals surface area contributed by atoms with Gasteiger partial charge in [0.25, 0.3) is 5.91 Å². The van der Waals surface area contributed by atoms with Crippen molar-refractivity contribution in [3.63, 3.8) is 0 Å². The van der Waals surface area contributed by atoms with Crippen LogP contribution in [-0.2, 0) is 6.54 Å². The summed E-state index contributed by atoms with van der Waals surface area (Å²) in [4.78, 5) is 12.1. The molecule has 4 nitrogen and oxygen atoms in total. The van der Waals surface area contributed by atoms with E-state index >= 15 is 0 Å². The lowest BCUT2D eigenvalue weighted by molar-refractivity contribution is 0.0948. The van der Waals surface area contributed by atoms with Gasteiger partial charge in [-0.3, -0.25) is 4.79 Å². The van der Waals surface area contributed by atoms with E-state index in [2.05, 4.69) is 5.32 Å². The highest BCUT2D eigenvalue weighted by molar-refractivity contribution is 5.96. The van der Waals surface area contributed by atoms with Crippen molar-refractivity contribution in [2.45, 2.75) is 20.4 Å². The van der Waals surface area contributed by atoms with Gasteiger partial charge < -0.3 is 14.5 Å². The summed E-state index contributed by atoms with van der Waals surface area (Å²) < 4.78 is 10.6. The van der Waals surface area contributed by atoms with E-state index in [1.165, 1.54) is 0 Å².